The van der Waals surface area contributed by atoms with Crippen LogP contribution in [-0.4, -0.2) is 31.1 Å². The molecule has 110 valence electrons. The van der Waals surface area contributed by atoms with Gasteiger partial charge in [-0.2, -0.15) is 0 Å². The molecule has 2 N–H and O–H groups in total. The zero-order chi connectivity index (χ0) is 14.2. The monoisotopic (exact) mass is 276 g/mol. The van der Waals surface area contributed by atoms with Crippen LogP contribution in [0.15, 0.2) is 23.3 Å². The number of nitrogens with zero attached hydrogens (tertiary/aromatic N) is 2. The van der Waals surface area contributed by atoms with Crippen LogP contribution in [0.4, 0.5) is 0 Å². The van der Waals surface area contributed by atoms with Crippen LogP contribution in [-0.2, 0) is 6.54 Å². The molecule has 1 aromatic heterocycles. The molecule has 1 aliphatic carbocycles. The number of aromatic nitrogens is 1. The van der Waals surface area contributed by atoms with Crippen LogP contribution in [0.2, 0.25) is 0 Å². The van der Waals surface area contributed by atoms with E-state index in [1.807, 2.05) is 18.3 Å². The number of hydrogen-bond acceptors (Lipinski definition) is 3. The van der Waals surface area contributed by atoms with Crippen LogP contribution < -0.4 is 15.4 Å². The zero-order valence-corrected chi connectivity index (χ0v) is 12.4. The molecular formula is C15H24N4O. The van der Waals surface area contributed by atoms with Gasteiger partial charge in [-0.05, 0) is 30.7 Å². The quantitative estimate of drug-likeness (QED) is 0.590. The van der Waals surface area contributed by atoms with Gasteiger partial charge in [0.2, 0.25) is 5.88 Å². The first-order valence-corrected chi connectivity index (χ1v) is 7.34. The maximum absolute atomic E-state index is 5.62. The summed E-state index contributed by atoms with van der Waals surface area (Å²) in [6.07, 6.45) is 5.52. The maximum atomic E-state index is 5.62. The third kappa shape index (κ3) is 5.07. The molecule has 1 aromatic rings. The Morgan fingerprint density at radius 1 is 1.40 bits per heavy atom. The maximum Gasteiger partial charge on any atom is 0.213 e. The van der Waals surface area contributed by atoms with Crippen LogP contribution in [0.5, 0.6) is 5.88 Å². The largest absolute Gasteiger partial charge is 0.477 e. The van der Waals surface area contributed by atoms with E-state index in [1.54, 1.807) is 7.05 Å². The molecule has 1 aliphatic rings. The number of rotatable bonds is 7. The Hall–Kier alpha value is -1.78. The number of nitrogens with one attached hydrogen (secondary N) is 2. The van der Waals surface area contributed by atoms with Crippen LogP contribution in [0.3, 0.4) is 0 Å². The highest BCUT2D eigenvalue weighted by Gasteiger charge is 2.21. The van der Waals surface area contributed by atoms with Crippen molar-refractivity contribution in [1.29, 1.82) is 0 Å². The number of aliphatic imine (C=N–C) groups is 1. The van der Waals surface area contributed by atoms with Crippen LogP contribution in [0.1, 0.15) is 31.7 Å². The Balaban J connectivity index is 1.74. The summed E-state index contributed by atoms with van der Waals surface area (Å²) in [5.74, 6) is 2.29. The zero-order valence-electron chi connectivity index (χ0n) is 12.4. The van der Waals surface area contributed by atoms with E-state index in [9.17, 15) is 0 Å². The molecule has 1 heterocycles. The van der Waals surface area contributed by atoms with Gasteiger partial charge in [0.05, 0.1) is 6.61 Å². The molecule has 0 bridgehead atoms. The molecule has 0 aliphatic heterocycles. The minimum absolute atomic E-state index is 0.708. The molecule has 5 nitrogen and oxygen atoms in total. The van der Waals surface area contributed by atoms with Gasteiger partial charge in [0.15, 0.2) is 5.96 Å². The third-order valence-corrected chi connectivity index (χ3v) is 3.19. The van der Waals surface area contributed by atoms with Crippen molar-refractivity contribution in [3.05, 3.63) is 23.9 Å². The summed E-state index contributed by atoms with van der Waals surface area (Å²) in [4.78, 5) is 8.49. The predicted molar refractivity (Wildman–Crippen MR) is 80.9 cm³/mol. The van der Waals surface area contributed by atoms with Crippen LogP contribution in [0, 0.1) is 5.92 Å². The average molecular weight is 276 g/mol. The Labute approximate surface area is 120 Å². The molecule has 0 aromatic carbocycles. The van der Waals surface area contributed by atoms with Gasteiger partial charge in [-0.1, -0.05) is 13.0 Å². The molecule has 0 radical (unpaired) electrons. The van der Waals surface area contributed by atoms with Crippen molar-refractivity contribution in [2.24, 2.45) is 10.9 Å². The summed E-state index contributed by atoms with van der Waals surface area (Å²) in [7, 11) is 1.78. The number of ether oxygens (including phenoxy) is 1. The van der Waals surface area contributed by atoms with Crippen LogP contribution >= 0.6 is 0 Å². The standard InChI is InChI=1S/C15H24N4O/c1-3-8-17-15(16-2)19-10-13-6-7-14(18-9-13)20-11-12-4-5-12/h6-7,9,12H,3-5,8,10-11H2,1-2H3,(H2,16,17,19). The second kappa shape index (κ2) is 7.72. The highest BCUT2D eigenvalue weighted by atomic mass is 16.5. The third-order valence-electron chi connectivity index (χ3n) is 3.19. The van der Waals surface area contributed by atoms with E-state index in [0.717, 1.165) is 37.0 Å². The minimum atomic E-state index is 0.708. The van der Waals surface area contributed by atoms with Crippen molar-refractivity contribution in [2.75, 3.05) is 20.2 Å². The molecule has 0 spiro atoms. The van der Waals surface area contributed by atoms with Crippen molar-refractivity contribution in [1.82, 2.24) is 15.6 Å². The first-order chi connectivity index (χ1) is 9.81. The normalized spacial score (nSPS) is 15.0. The lowest BCUT2D eigenvalue weighted by Gasteiger charge is -2.11. The molecular weight excluding hydrogens is 252 g/mol. The summed E-state index contributed by atoms with van der Waals surface area (Å²) in [6.45, 7) is 4.56. The minimum Gasteiger partial charge on any atom is -0.477 e. The summed E-state index contributed by atoms with van der Waals surface area (Å²) in [5.41, 5.74) is 1.11. The molecule has 0 saturated heterocycles. The van der Waals surface area contributed by atoms with Crippen molar-refractivity contribution in [2.45, 2.75) is 32.7 Å². The molecule has 0 atom stereocenters. The fraction of sp³-hybridized carbons (Fsp3) is 0.600. The van der Waals surface area contributed by atoms with Crippen molar-refractivity contribution >= 4 is 5.96 Å². The van der Waals surface area contributed by atoms with Gasteiger partial charge in [0.1, 0.15) is 0 Å². The van der Waals surface area contributed by atoms with Gasteiger partial charge in [0, 0.05) is 32.4 Å². The van der Waals surface area contributed by atoms with E-state index in [1.165, 1.54) is 12.8 Å². The lowest BCUT2D eigenvalue weighted by molar-refractivity contribution is 0.288. The Bertz CT molecular complexity index is 426. The van der Waals surface area contributed by atoms with Gasteiger partial charge in [0.25, 0.3) is 0 Å². The molecule has 0 amide bonds. The number of pyridine rings is 1. The van der Waals surface area contributed by atoms with E-state index >= 15 is 0 Å². The first kappa shape index (κ1) is 14.6. The lowest BCUT2D eigenvalue weighted by atomic mass is 10.3. The SMILES string of the molecule is CCCNC(=NC)NCc1ccc(OCC2CC2)nc1. The van der Waals surface area contributed by atoms with Gasteiger partial charge in [-0.25, -0.2) is 4.98 Å². The fourth-order valence-electron chi connectivity index (χ4n) is 1.74. The fourth-order valence-corrected chi connectivity index (χ4v) is 1.74. The smallest absolute Gasteiger partial charge is 0.213 e. The van der Waals surface area contributed by atoms with E-state index in [4.69, 9.17) is 4.74 Å². The van der Waals surface area contributed by atoms with Crippen molar-refractivity contribution in [3.8, 4) is 5.88 Å². The predicted octanol–water partition coefficient (Wildman–Crippen LogP) is 1.95. The highest BCUT2D eigenvalue weighted by Crippen LogP contribution is 2.29. The molecule has 1 fully saturated rings. The molecule has 5 heteroatoms. The Kier molecular flexibility index (Phi) is 5.65. The topological polar surface area (TPSA) is 58.5 Å². The summed E-state index contributed by atoms with van der Waals surface area (Å²) in [5, 5.41) is 6.49. The lowest BCUT2D eigenvalue weighted by Crippen LogP contribution is -2.37. The number of hydrogen-bond donors (Lipinski definition) is 2. The number of guanidine groups is 1. The summed E-state index contributed by atoms with van der Waals surface area (Å²) in [6, 6.07) is 3.97. The van der Waals surface area contributed by atoms with E-state index in [2.05, 4.69) is 27.5 Å². The molecule has 1 saturated carbocycles. The van der Waals surface area contributed by atoms with Gasteiger partial charge < -0.3 is 15.4 Å². The summed E-state index contributed by atoms with van der Waals surface area (Å²) < 4.78 is 5.62. The van der Waals surface area contributed by atoms with Gasteiger partial charge >= 0.3 is 0 Å². The van der Waals surface area contributed by atoms with E-state index in [0.29, 0.717) is 12.4 Å². The molecule has 0 unspecified atom stereocenters. The first-order valence-electron chi connectivity index (χ1n) is 7.34. The Morgan fingerprint density at radius 3 is 2.85 bits per heavy atom. The summed E-state index contributed by atoms with van der Waals surface area (Å²) >= 11 is 0. The molecule has 20 heavy (non-hydrogen) atoms. The van der Waals surface area contributed by atoms with E-state index < -0.39 is 0 Å². The Morgan fingerprint density at radius 2 is 2.25 bits per heavy atom. The van der Waals surface area contributed by atoms with Crippen LogP contribution in [0.25, 0.3) is 0 Å². The second-order valence-electron chi connectivity index (χ2n) is 5.11. The average Bonchev–Trinajstić information content (AvgIpc) is 3.31. The van der Waals surface area contributed by atoms with E-state index in [-0.39, 0.29) is 0 Å². The van der Waals surface area contributed by atoms with Gasteiger partial charge in [-0.3, -0.25) is 4.99 Å². The van der Waals surface area contributed by atoms with Crippen molar-refractivity contribution in [3.63, 3.8) is 0 Å². The highest BCUT2D eigenvalue weighted by molar-refractivity contribution is 5.79. The van der Waals surface area contributed by atoms with Crippen molar-refractivity contribution < 1.29 is 4.74 Å². The second-order valence-corrected chi connectivity index (χ2v) is 5.11. The van der Waals surface area contributed by atoms with Gasteiger partial charge in [-0.15, -0.1) is 0 Å². The molecule has 2 rings (SSSR count).